The maximum absolute atomic E-state index is 12.6. The third-order valence-electron chi connectivity index (χ3n) is 5.13. The lowest BCUT2D eigenvalue weighted by Crippen LogP contribution is -2.49. The van der Waals surface area contributed by atoms with Crippen LogP contribution in [-0.4, -0.2) is 77.3 Å². The van der Waals surface area contributed by atoms with Gasteiger partial charge in [-0.15, -0.1) is 10.2 Å². The first-order valence-corrected chi connectivity index (χ1v) is 10.7. The Morgan fingerprint density at radius 2 is 1.87 bits per heavy atom. The molecule has 0 aliphatic carbocycles. The van der Waals surface area contributed by atoms with Crippen molar-refractivity contribution < 1.29 is 4.79 Å². The normalized spacial score (nSPS) is 14.7. The molecule has 162 valence electrons. The van der Waals surface area contributed by atoms with Crippen molar-refractivity contribution >= 4 is 17.6 Å². The molecule has 1 saturated heterocycles. The van der Waals surface area contributed by atoms with Gasteiger partial charge in [0.05, 0.1) is 0 Å². The number of rotatable bonds is 8. The van der Waals surface area contributed by atoms with Crippen molar-refractivity contribution in [2.24, 2.45) is 4.99 Å². The molecule has 0 spiro atoms. The Labute approximate surface area is 178 Å². The molecule has 1 amide bonds. The summed E-state index contributed by atoms with van der Waals surface area (Å²) in [4.78, 5) is 21.3. The standard InChI is InChI=1S/C21H32N8O/c1-3-19-26-25-17-29(19)11-10-23-21(22-4-2)24-16-20(30)28-14-12-27(13-15-28)18-8-6-5-7-9-18/h5-9,17H,3-4,10-16H2,1-2H3,(H2,22,23,24). The third-order valence-corrected chi connectivity index (χ3v) is 5.13. The Balaban J connectivity index is 1.45. The SMILES string of the molecule is CCNC(=NCC(=O)N1CCN(c2ccccc2)CC1)NCCn1cnnc1CC. The second-order valence-electron chi connectivity index (χ2n) is 7.12. The molecule has 1 fully saturated rings. The molecule has 1 aliphatic heterocycles. The van der Waals surface area contributed by atoms with Crippen LogP contribution in [0, 0.1) is 0 Å². The Bertz CT molecular complexity index is 811. The van der Waals surface area contributed by atoms with Crippen LogP contribution < -0.4 is 15.5 Å². The first kappa shape index (κ1) is 21.6. The van der Waals surface area contributed by atoms with Crippen molar-refractivity contribution in [2.75, 3.05) is 50.7 Å². The predicted octanol–water partition coefficient (Wildman–Crippen LogP) is 0.744. The van der Waals surface area contributed by atoms with Crippen LogP contribution in [0.25, 0.3) is 0 Å². The number of hydrogen-bond donors (Lipinski definition) is 2. The fourth-order valence-electron chi connectivity index (χ4n) is 3.48. The first-order chi connectivity index (χ1) is 14.7. The lowest BCUT2D eigenvalue weighted by Gasteiger charge is -2.36. The minimum Gasteiger partial charge on any atom is -0.368 e. The van der Waals surface area contributed by atoms with E-state index in [4.69, 9.17) is 0 Å². The van der Waals surface area contributed by atoms with Gasteiger partial charge in [-0.3, -0.25) is 4.79 Å². The molecule has 2 heterocycles. The number of anilines is 1. The molecule has 1 aromatic carbocycles. The summed E-state index contributed by atoms with van der Waals surface area (Å²) >= 11 is 0. The number of guanidine groups is 1. The molecule has 1 aliphatic rings. The fourth-order valence-corrected chi connectivity index (χ4v) is 3.48. The predicted molar refractivity (Wildman–Crippen MR) is 119 cm³/mol. The van der Waals surface area contributed by atoms with Crippen molar-refractivity contribution in [1.29, 1.82) is 0 Å². The number of benzene rings is 1. The molecular weight excluding hydrogens is 380 g/mol. The molecule has 3 rings (SSSR count). The van der Waals surface area contributed by atoms with Crippen LogP contribution in [0.5, 0.6) is 0 Å². The van der Waals surface area contributed by atoms with Crippen molar-refractivity contribution in [3.05, 3.63) is 42.5 Å². The minimum atomic E-state index is 0.0620. The number of carbonyl (C=O) groups excluding carboxylic acids is 1. The molecular formula is C21H32N8O. The summed E-state index contributed by atoms with van der Waals surface area (Å²) in [6.07, 6.45) is 2.59. The number of carbonyl (C=O) groups is 1. The molecule has 9 heteroatoms. The molecule has 1 aromatic heterocycles. The second-order valence-corrected chi connectivity index (χ2v) is 7.12. The molecule has 0 saturated carbocycles. The van der Waals surface area contributed by atoms with E-state index in [1.807, 2.05) is 34.6 Å². The monoisotopic (exact) mass is 412 g/mol. The first-order valence-electron chi connectivity index (χ1n) is 10.7. The highest BCUT2D eigenvalue weighted by atomic mass is 16.2. The second kappa shape index (κ2) is 11.2. The maximum atomic E-state index is 12.6. The van der Waals surface area contributed by atoms with E-state index in [9.17, 15) is 4.79 Å². The number of para-hydroxylation sites is 1. The van der Waals surface area contributed by atoms with E-state index in [1.165, 1.54) is 5.69 Å². The average Bonchev–Trinajstić information content (AvgIpc) is 3.25. The summed E-state index contributed by atoms with van der Waals surface area (Å²) in [5, 5.41) is 14.5. The molecule has 2 aromatic rings. The number of aryl methyl sites for hydroxylation is 1. The molecule has 0 unspecified atom stereocenters. The summed E-state index contributed by atoms with van der Waals surface area (Å²) in [5.41, 5.74) is 1.21. The van der Waals surface area contributed by atoms with Gasteiger partial charge in [-0.25, -0.2) is 4.99 Å². The lowest BCUT2D eigenvalue weighted by atomic mass is 10.2. The zero-order valence-electron chi connectivity index (χ0n) is 17.9. The highest BCUT2D eigenvalue weighted by molar-refractivity contribution is 5.85. The Morgan fingerprint density at radius 1 is 1.10 bits per heavy atom. The minimum absolute atomic E-state index is 0.0620. The van der Waals surface area contributed by atoms with Crippen LogP contribution in [0.3, 0.4) is 0 Å². The summed E-state index contributed by atoms with van der Waals surface area (Å²) < 4.78 is 2.02. The number of nitrogens with zero attached hydrogens (tertiary/aromatic N) is 6. The zero-order valence-corrected chi connectivity index (χ0v) is 17.9. The van der Waals surface area contributed by atoms with Crippen molar-refractivity contribution in [3.8, 4) is 0 Å². The van der Waals surface area contributed by atoms with E-state index in [0.29, 0.717) is 12.5 Å². The molecule has 30 heavy (non-hydrogen) atoms. The van der Waals surface area contributed by atoms with E-state index in [2.05, 4.69) is 49.8 Å². The van der Waals surface area contributed by atoms with E-state index in [-0.39, 0.29) is 12.5 Å². The molecule has 0 atom stereocenters. The zero-order chi connectivity index (χ0) is 21.2. The summed E-state index contributed by atoms with van der Waals surface area (Å²) in [5.74, 6) is 1.68. The van der Waals surface area contributed by atoms with Gasteiger partial charge < -0.3 is 25.0 Å². The number of aromatic nitrogens is 3. The highest BCUT2D eigenvalue weighted by Gasteiger charge is 2.21. The summed E-state index contributed by atoms with van der Waals surface area (Å²) in [6.45, 7) is 9.52. The number of amides is 1. The van der Waals surface area contributed by atoms with Gasteiger partial charge in [-0.05, 0) is 19.1 Å². The number of piperazine rings is 1. The number of hydrogen-bond acceptors (Lipinski definition) is 5. The van der Waals surface area contributed by atoms with Crippen LogP contribution in [-0.2, 0) is 17.8 Å². The van der Waals surface area contributed by atoms with E-state index >= 15 is 0 Å². The molecule has 9 nitrogen and oxygen atoms in total. The van der Waals surface area contributed by atoms with Crippen LogP contribution in [0.4, 0.5) is 5.69 Å². The van der Waals surface area contributed by atoms with Crippen molar-refractivity contribution in [1.82, 2.24) is 30.3 Å². The van der Waals surface area contributed by atoms with Crippen molar-refractivity contribution in [2.45, 2.75) is 26.8 Å². The highest BCUT2D eigenvalue weighted by Crippen LogP contribution is 2.15. The molecule has 0 bridgehead atoms. The topological polar surface area (TPSA) is 90.7 Å². The molecule has 2 N–H and O–H groups in total. The fraction of sp³-hybridized carbons (Fsp3) is 0.524. The number of nitrogens with one attached hydrogen (secondary N) is 2. The Hall–Kier alpha value is -3.10. The van der Waals surface area contributed by atoms with E-state index in [0.717, 1.165) is 51.5 Å². The van der Waals surface area contributed by atoms with Crippen LogP contribution in [0.1, 0.15) is 19.7 Å². The van der Waals surface area contributed by atoms with Gasteiger partial charge in [0.25, 0.3) is 0 Å². The van der Waals surface area contributed by atoms with Crippen LogP contribution in [0.2, 0.25) is 0 Å². The van der Waals surface area contributed by atoms with E-state index < -0.39 is 0 Å². The largest absolute Gasteiger partial charge is 0.368 e. The van der Waals surface area contributed by atoms with Crippen LogP contribution >= 0.6 is 0 Å². The van der Waals surface area contributed by atoms with Gasteiger partial charge in [-0.1, -0.05) is 25.1 Å². The van der Waals surface area contributed by atoms with E-state index in [1.54, 1.807) is 6.33 Å². The lowest BCUT2D eigenvalue weighted by molar-refractivity contribution is -0.129. The van der Waals surface area contributed by atoms with Gasteiger partial charge in [0.2, 0.25) is 5.91 Å². The van der Waals surface area contributed by atoms with Gasteiger partial charge in [0.15, 0.2) is 5.96 Å². The van der Waals surface area contributed by atoms with Crippen molar-refractivity contribution in [3.63, 3.8) is 0 Å². The maximum Gasteiger partial charge on any atom is 0.244 e. The average molecular weight is 413 g/mol. The smallest absolute Gasteiger partial charge is 0.244 e. The van der Waals surface area contributed by atoms with Crippen LogP contribution in [0.15, 0.2) is 41.7 Å². The summed E-state index contributed by atoms with van der Waals surface area (Å²) in [7, 11) is 0. The number of aliphatic imine (C=N–C) groups is 1. The van der Waals surface area contributed by atoms with Gasteiger partial charge >= 0.3 is 0 Å². The Morgan fingerprint density at radius 3 is 2.57 bits per heavy atom. The summed E-state index contributed by atoms with van der Waals surface area (Å²) in [6, 6.07) is 10.3. The third kappa shape index (κ3) is 5.95. The Kier molecular flexibility index (Phi) is 8.05. The van der Waals surface area contributed by atoms with Gasteiger partial charge in [-0.2, -0.15) is 0 Å². The van der Waals surface area contributed by atoms with Gasteiger partial charge in [0.1, 0.15) is 18.7 Å². The quantitative estimate of drug-likeness (QED) is 0.491. The molecule has 0 radical (unpaired) electrons. The van der Waals surface area contributed by atoms with Gasteiger partial charge in [0, 0.05) is 57.9 Å².